The van der Waals surface area contributed by atoms with Gasteiger partial charge in [-0.15, -0.1) is 0 Å². The molecule has 2 amide bonds. The second kappa shape index (κ2) is 9.72. The van der Waals surface area contributed by atoms with Crippen molar-refractivity contribution in [3.63, 3.8) is 0 Å². The fourth-order valence-corrected chi connectivity index (χ4v) is 3.45. The van der Waals surface area contributed by atoms with Crippen LogP contribution in [0.15, 0.2) is 24.3 Å². The molecule has 5 heteroatoms. The lowest BCUT2D eigenvalue weighted by Crippen LogP contribution is -2.49. The topological polar surface area (TPSA) is 58.6 Å². The number of piperidine rings is 1. The Morgan fingerprint density at radius 3 is 2.50 bits per heavy atom. The fourth-order valence-electron chi connectivity index (χ4n) is 3.45. The van der Waals surface area contributed by atoms with Crippen molar-refractivity contribution in [2.24, 2.45) is 5.92 Å². The number of aryl methyl sites for hydroxylation is 1. The molecule has 1 aliphatic rings. The lowest BCUT2D eigenvalue weighted by atomic mass is 9.87. The summed E-state index contributed by atoms with van der Waals surface area (Å²) in [6.45, 7) is 6.68. The summed E-state index contributed by atoms with van der Waals surface area (Å²) in [6.07, 6.45) is 3.48. The second-order valence-electron chi connectivity index (χ2n) is 7.18. The molecule has 2 rings (SSSR count). The van der Waals surface area contributed by atoms with Crippen molar-refractivity contribution >= 4 is 11.8 Å². The van der Waals surface area contributed by atoms with Crippen molar-refractivity contribution in [2.45, 2.75) is 58.5 Å². The van der Waals surface area contributed by atoms with Crippen molar-refractivity contribution < 1.29 is 14.3 Å². The van der Waals surface area contributed by atoms with E-state index in [9.17, 15) is 9.59 Å². The Labute approximate surface area is 157 Å². The van der Waals surface area contributed by atoms with Gasteiger partial charge in [0.2, 0.25) is 11.8 Å². The molecule has 0 bridgehead atoms. The molecule has 0 radical (unpaired) electrons. The van der Waals surface area contributed by atoms with E-state index in [4.69, 9.17) is 4.74 Å². The van der Waals surface area contributed by atoms with Gasteiger partial charge in [0.1, 0.15) is 6.61 Å². The summed E-state index contributed by atoms with van der Waals surface area (Å²) < 4.78 is 5.06. The van der Waals surface area contributed by atoms with Crippen LogP contribution >= 0.6 is 0 Å². The fraction of sp³-hybridized carbons (Fsp3) is 0.619. The molecule has 1 heterocycles. The van der Waals surface area contributed by atoms with E-state index in [0.717, 1.165) is 31.2 Å². The van der Waals surface area contributed by atoms with Crippen LogP contribution in [0.3, 0.4) is 0 Å². The normalized spacial score (nSPS) is 21.3. The van der Waals surface area contributed by atoms with E-state index < -0.39 is 0 Å². The van der Waals surface area contributed by atoms with Crippen LogP contribution in [0.2, 0.25) is 0 Å². The van der Waals surface area contributed by atoms with E-state index in [2.05, 4.69) is 43.4 Å². The van der Waals surface area contributed by atoms with Crippen molar-refractivity contribution in [1.82, 2.24) is 10.2 Å². The summed E-state index contributed by atoms with van der Waals surface area (Å²) in [5.74, 6) is -0.163. The number of nitrogens with one attached hydrogen (secondary N) is 1. The number of carbonyl (C=O) groups is 2. The molecule has 1 N–H and O–H groups in total. The highest BCUT2D eigenvalue weighted by molar-refractivity contribution is 5.82. The van der Waals surface area contributed by atoms with Crippen molar-refractivity contribution in [1.29, 1.82) is 0 Å². The molecule has 3 atom stereocenters. The van der Waals surface area contributed by atoms with E-state index in [1.54, 1.807) is 0 Å². The molecule has 1 aromatic carbocycles. The quantitative estimate of drug-likeness (QED) is 0.813. The zero-order valence-corrected chi connectivity index (χ0v) is 16.5. The molecule has 0 aromatic heterocycles. The van der Waals surface area contributed by atoms with E-state index >= 15 is 0 Å². The first-order valence-electron chi connectivity index (χ1n) is 9.67. The Kier molecular flexibility index (Phi) is 7.64. The summed E-state index contributed by atoms with van der Waals surface area (Å²) in [4.78, 5) is 27.0. The maximum absolute atomic E-state index is 12.6. The van der Waals surface area contributed by atoms with E-state index in [0.29, 0.717) is 6.54 Å². The zero-order chi connectivity index (χ0) is 19.1. The third-order valence-corrected chi connectivity index (χ3v) is 5.31. The highest BCUT2D eigenvalue weighted by Gasteiger charge is 2.35. The van der Waals surface area contributed by atoms with E-state index in [-0.39, 0.29) is 36.4 Å². The summed E-state index contributed by atoms with van der Waals surface area (Å²) in [5.41, 5.74) is 2.41. The summed E-state index contributed by atoms with van der Waals surface area (Å²) in [6, 6.07) is 8.62. The van der Waals surface area contributed by atoms with Gasteiger partial charge in [-0.2, -0.15) is 0 Å². The molecule has 1 saturated heterocycles. The SMILES string of the molecule is CCc1ccc(C2CCC(C(=O)NC(C)CC)CN2C(=O)COC)cc1. The molecule has 0 saturated carbocycles. The van der Waals surface area contributed by atoms with Gasteiger partial charge in [-0.25, -0.2) is 0 Å². The molecule has 1 fully saturated rings. The zero-order valence-electron chi connectivity index (χ0n) is 16.5. The predicted molar refractivity (Wildman–Crippen MR) is 103 cm³/mol. The maximum Gasteiger partial charge on any atom is 0.249 e. The third kappa shape index (κ3) is 5.07. The van der Waals surface area contributed by atoms with Gasteiger partial charge in [0, 0.05) is 19.7 Å². The van der Waals surface area contributed by atoms with Crippen molar-refractivity contribution in [2.75, 3.05) is 20.3 Å². The largest absolute Gasteiger partial charge is 0.375 e. The van der Waals surface area contributed by atoms with Gasteiger partial charge in [0.15, 0.2) is 0 Å². The summed E-state index contributed by atoms with van der Waals surface area (Å²) in [5, 5.41) is 3.05. The number of likely N-dealkylation sites (tertiary alicyclic amines) is 1. The van der Waals surface area contributed by atoms with Gasteiger partial charge in [0.25, 0.3) is 0 Å². The van der Waals surface area contributed by atoms with Crippen LogP contribution in [0.1, 0.15) is 57.2 Å². The number of methoxy groups -OCH3 is 1. The Morgan fingerprint density at radius 2 is 1.92 bits per heavy atom. The number of ether oxygens (including phenoxy) is 1. The standard InChI is InChI=1S/C21H32N2O3/c1-5-15(3)22-21(25)18-11-12-19(23(13-18)20(24)14-26-4)17-9-7-16(6-2)8-10-17/h7-10,15,18-19H,5-6,11-14H2,1-4H3,(H,22,25). The molecule has 5 nitrogen and oxygen atoms in total. The number of rotatable bonds is 7. The van der Waals surface area contributed by atoms with Gasteiger partial charge in [-0.3, -0.25) is 9.59 Å². The monoisotopic (exact) mass is 360 g/mol. The van der Waals surface area contributed by atoms with Gasteiger partial charge >= 0.3 is 0 Å². The molecule has 144 valence electrons. The van der Waals surface area contributed by atoms with Crippen LogP contribution in [-0.2, 0) is 20.7 Å². The van der Waals surface area contributed by atoms with Crippen molar-refractivity contribution in [3.8, 4) is 0 Å². The van der Waals surface area contributed by atoms with Crippen LogP contribution in [0.5, 0.6) is 0 Å². The molecular weight excluding hydrogens is 328 g/mol. The maximum atomic E-state index is 12.6. The number of carbonyl (C=O) groups excluding carboxylic acids is 2. The smallest absolute Gasteiger partial charge is 0.249 e. The van der Waals surface area contributed by atoms with Crippen LogP contribution in [-0.4, -0.2) is 43.0 Å². The highest BCUT2D eigenvalue weighted by Crippen LogP contribution is 2.34. The molecule has 1 aliphatic heterocycles. The van der Waals surface area contributed by atoms with Crippen LogP contribution in [0.25, 0.3) is 0 Å². The van der Waals surface area contributed by atoms with Crippen LogP contribution < -0.4 is 5.32 Å². The van der Waals surface area contributed by atoms with E-state index in [1.807, 2.05) is 11.8 Å². The van der Waals surface area contributed by atoms with Crippen molar-refractivity contribution in [3.05, 3.63) is 35.4 Å². The second-order valence-corrected chi connectivity index (χ2v) is 7.18. The highest BCUT2D eigenvalue weighted by atomic mass is 16.5. The summed E-state index contributed by atoms with van der Waals surface area (Å²) >= 11 is 0. The first kappa shape index (κ1) is 20.4. The van der Waals surface area contributed by atoms with Gasteiger partial charge in [0.05, 0.1) is 12.0 Å². The van der Waals surface area contributed by atoms with Crippen LogP contribution in [0.4, 0.5) is 0 Å². The Balaban J connectivity index is 2.16. The molecular formula is C21H32N2O3. The van der Waals surface area contributed by atoms with Gasteiger partial charge in [-0.05, 0) is 43.7 Å². The Morgan fingerprint density at radius 1 is 1.23 bits per heavy atom. The average Bonchev–Trinajstić information content (AvgIpc) is 2.67. The first-order valence-corrected chi connectivity index (χ1v) is 9.67. The minimum atomic E-state index is -0.157. The molecule has 0 spiro atoms. The Hall–Kier alpha value is -1.88. The lowest BCUT2D eigenvalue weighted by Gasteiger charge is -2.39. The first-order chi connectivity index (χ1) is 12.5. The molecule has 1 aromatic rings. The van der Waals surface area contributed by atoms with E-state index in [1.165, 1.54) is 12.7 Å². The van der Waals surface area contributed by atoms with Gasteiger partial charge < -0.3 is 15.0 Å². The number of benzene rings is 1. The Bertz CT molecular complexity index is 600. The number of hydrogen-bond donors (Lipinski definition) is 1. The van der Waals surface area contributed by atoms with Gasteiger partial charge in [-0.1, -0.05) is 38.1 Å². The number of nitrogens with zero attached hydrogens (tertiary/aromatic N) is 1. The number of amides is 2. The molecule has 26 heavy (non-hydrogen) atoms. The van der Waals surface area contributed by atoms with Crippen LogP contribution in [0, 0.1) is 5.92 Å². The molecule has 0 aliphatic carbocycles. The average molecular weight is 360 g/mol. The number of hydrogen-bond acceptors (Lipinski definition) is 3. The third-order valence-electron chi connectivity index (χ3n) is 5.31. The molecule has 3 unspecified atom stereocenters. The predicted octanol–water partition coefficient (Wildman–Crippen LogP) is 3.09. The summed E-state index contributed by atoms with van der Waals surface area (Å²) in [7, 11) is 1.53. The minimum absolute atomic E-state index is 0.0104. The minimum Gasteiger partial charge on any atom is -0.375 e. The lowest BCUT2D eigenvalue weighted by molar-refractivity contribution is -0.142.